The molecule has 0 spiro atoms. The minimum atomic E-state index is -3.53. The third-order valence-electron chi connectivity index (χ3n) is 5.12. The zero-order chi connectivity index (χ0) is 24.4. The van der Waals surface area contributed by atoms with E-state index in [2.05, 4.69) is 14.7 Å². The number of halogens is 1. The molecule has 2 rings (SSSR count). The fourth-order valence-corrected chi connectivity index (χ4v) is 5.70. The molecule has 8 nitrogen and oxygen atoms in total. The highest BCUT2D eigenvalue weighted by Crippen LogP contribution is 2.36. The van der Waals surface area contributed by atoms with Gasteiger partial charge in [-0.05, 0) is 41.5 Å². The molecule has 0 bridgehead atoms. The van der Waals surface area contributed by atoms with Crippen molar-refractivity contribution < 1.29 is 23.9 Å². The predicted octanol–water partition coefficient (Wildman–Crippen LogP) is 3.03. The highest BCUT2D eigenvalue weighted by molar-refractivity contribution is 7.93. The quantitative estimate of drug-likeness (QED) is 0.367. The van der Waals surface area contributed by atoms with Crippen LogP contribution in [0.15, 0.2) is 20.8 Å². The largest absolute Gasteiger partial charge is 0.393 e. The number of thiazole rings is 1. The third kappa shape index (κ3) is 5.64. The average molecular weight is 489 g/mol. The zero-order valence-electron chi connectivity index (χ0n) is 19.2. The van der Waals surface area contributed by atoms with E-state index in [0.29, 0.717) is 16.8 Å². The number of nitrogens with two attached hydrogens (primary N) is 1. The normalized spacial score (nSPS) is 16.7. The topological polar surface area (TPSA) is 141 Å². The van der Waals surface area contributed by atoms with Gasteiger partial charge in [0, 0.05) is 13.5 Å². The van der Waals surface area contributed by atoms with Crippen LogP contribution < -0.4 is 10.5 Å². The van der Waals surface area contributed by atoms with Crippen molar-refractivity contribution in [3.8, 4) is 0 Å². The molecule has 0 saturated carbocycles. The summed E-state index contributed by atoms with van der Waals surface area (Å²) in [6.45, 7) is 8.48. The van der Waals surface area contributed by atoms with Crippen LogP contribution in [0.5, 0.6) is 0 Å². The smallest absolute Gasteiger partial charge is 0.159 e. The Kier molecular flexibility index (Phi) is 8.41. The van der Waals surface area contributed by atoms with Crippen LogP contribution in [0, 0.1) is 5.82 Å². The number of aliphatic hydroxyl groups excluding tert-OH is 2. The molecule has 11 heteroatoms. The Morgan fingerprint density at radius 3 is 2.47 bits per heavy atom. The molecule has 1 aromatic carbocycles. The van der Waals surface area contributed by atoms with Crippen molar-refractivity contribution in [1.82, 2.24) is 4.98 Å². The van der Waals surface area contributed by atoms with E-state index in [-0.39, 0.29) is 33.3 Å². The lowest BCUT2D eigenvalue weighted by Crippen LogP contribution is -2.25. The summed E-state index contributed by atoms with van der Waals surface area (Å²) in [6, 6.07) is 1.72. The first-order valence-electron chi connectivity index (χ1n) is 10.3. The molecule has 0 fully saturated rings. The number of rotatable bonds is 9. The fraction of sp³-hybridized carbons (Fsp3) is 0.571. The van der Waals surface area contributed by atoms with Crippen molar-refractivity contribution in [3.05, 3.63) is 39.8 Å². The summed E-state index contributed by atoms with van der Waals surface area (Å²) in [5.41, 5.74) is 0.713. The number of benzene rings is 1. The van der Waals surface area contributed by atoms with Crippen molar-refractivity contribution in [2.45, 2.75) is 68.9 Å². The molecule has 0 aliphatic rings. The Hall–Kier alpha value is -1.63. The van der Waals surface area contributed by atoms with E-state index in [0.717, 1.165) is 16.9 Å². The summed E-state index contributed by atoms with van der Waals surface area (Å²) in [4.78, 5) is 3.97. The van der Waals surface area contributed by atoms with Crippen LogP contribution in [0.1, 0.15) is 68.2 Å². The number of hydrogen-bond donors (Lipinski definition) is 5. The molecule has 1 aromatic heterocycles. The minimum absolute atomic E-state index is 0.0504. The number of aromatic nitrogens is 1. The second-order valence-electron chi connectivity index (χ2n) is 8.55. The van der Waals surface area contributed by atoms with Gasteiger partial charge in [0.05, 0.1) is 18.5 Å². The number of nitrogens with one attached hydrogen (secondary N) is 1. The molecule has 32 heavy (non-hydrogen) atoms. The maximum absolute atomic E-state index is 15.1. The summed E-state index contributed by atoms with van der Waals surface area (Å²) < 4.78 is 32.1. The van der Waals surface area contributed by atoms with Crippen molar-refractivity contribution in [2.75, 3.05) is 19.0 Å². The standard InChI is InChI=1S/C21H33FN4O4S2/c1-11(2)13-7-15(24-6)19(22)18(12(3)4)14(13)8-16(28)26-32(23,30)17-9-25-20(31-17)21(5,29)10-27/h7,9,11-12,16,24,27-29H,8,10H2,1-6H3,(H2,23,26,30). The van der Waals surface area contributed by atoms with Crippen molar-refractivity contribution in [1.29, 1.82) is 0 Å². The van der Waals surface area contributed by atoms with Gasteiger partial charge in [0.1, 0.15) is 30.6 Å². The Morgan fingerprint density at radius 1 is 1.34 bits per heavy atom. The molecule has 0 saturated heterocycles. The van der Waals surface area contributed by atoms with Crippen LogP contribution in [-0.4, -0.2) is 44.4 Å². The number of hydrogen-bond acceptors (Lipinski definition) is 8. The fourth-order valence-electron chi connectivity index (χ4n) is 3.43. The van der Waals surface area contributed by atoms with Crippen molar-refractivity contribution in [2.24, 2.45) is 9.50 Å². The average Bonchev–Trinajstić information content (AvgIpc) is 3.19. The van der Waals surface area contributed by atoms with E-state index < -0.39 is 28.4 Å². The Balaban J connectivity index is 2.50. The second-order valence-corrected chi connectivity index (χ2v) is 11.6. The molecule has 2 aromatic rings. The van der Waals surface area contributed by atoms with Gasteiger partial charge >= 0.3 is 0 Å². The molecule has 0 aliphatic heterocycles. The Labute approximate surface area is 193 Å². The maximum Gasteiger partial charge on any atom is 0.159 e. The first-order chi connectivity index (χ1) is 14.7. The Morgan fingerprint density at radius 2 is 1.97 bits per heavy atom. The van der Waals surface area contributed by atoms with Gasteiger partial charge in [-0.25, -0.2) is 18.7 Å². The van der Waals surface area contributed by atoms with Gasteiger partial charge in [0.2, 0.25) is 0 Å². The SMILES string of the molecule is CNc1cc(C(C)C)c(CC(O)N=S(N)(=O)c2cnc(C(C)(O)CO)s2)c(C(C)C)c1F. The summed E-state index contributed by atoms with van der Waals surface area (Å²) >= 11 is 0.848. The summed E-state index contributed by atoms with van der Waals surface area (Å²) in [5.74, 6) is -0.495. The van der Waals surface area contributed by atoms with Crippen molar-refractivity contribution in [3.63, 3.8) is 0 Å². The summed E-state index contributed by atoms with van der Waals surface area (Å²) in [6.07, 6.45) is -0.300. The van der Waals surface area contributed by atoms with Gasteiger partial charge in [0.15, 0.2) is 6.23 Å². The van der Waals surface area contributed by atoms with Crippen LogP contribution in [-0.2, 0) is 21.9 Å². The van der Waals surface area contributed by atoms with Crippen LogP contribution in [0.3, 0.4) is 0 Å². The Bertz CT molecular complexity index is 1080. The molecule has 180 valence electrons. The second kappa shape index (κ2) is 10.1. The van der Waals surface area contributed by atoms with Crippen LogP contribution in [0.25, 0.3) is 0 Å². The van der Waals surface area contributed by atoms with Crippen LogP contribution in [0.2, 0.25) is 0 Å². The molecule has 6 N–H and O–H groups in total. The van der Waals surface area contributed by atoms with Crippen LogP contribution in [0.4, 0.5) is 10.1 Å². The lowest BCUT2D eigenvalue weighted by molar-refractivity contribution is -0.00244. The zero-order valence-corrected chi connectivity index (χ0v) is 20.9. The lowest BCUT2D eigenvalue weighted by Gasteiger charge is -2.23. The highest BCUT2D eigenvalue weighted by Gasteiger charge is 2.28. The van der Waals surface area contributed by atoms with E-state index >= 15 is 4.39 Å². The molecule has 0 aliphatic carbocycles. The molecular weight excluding hydrogens is 455 g/mol. The maximum atomic E-state index is 15.1. The summed E-state index contributed by atoms with van der Waals surface area (Å²) in [5, 5.41) is 39.0. The molecule has 0 radical (unpaired) electrons. The summed E-state index contributed by atoms with van der Waals surface area (Å²) in [7, 11) is -1.88. The van der Waals surface area contributed by atoms with E-state index in [1.54, 1.807) is 13.1 Å². The molecule has 3 unspecified atom stereocenters. The molecule has 3 atom stereocenters. The van der Waals surface area contributed by atoms with Gasteiger partial charge in [-0.3, -0.25) is 0 Å². The number of aliphatic hydroxyl groups is 3. The lowest BCUT2D eigenvalue weighted by atomic mass is 9.85. The van der Waals surface area contributed by atoms with Gasteiger partial charge in [-0.1, -0.05) is 27.7 Å². The number of nitrogens with zero attached hydrogens (tertiary/aromatic N) is 2. The van der Waals surface area contributed by atoms with E-state index in [9.17, 15) is 19.5 Å². The molecule has 0 amide bonds. The predicted molar refractivity (Wildman–Crippen MR) is 126 cm³/mol. The highest BCUT2D eigenvalue weighted by atomic mass is 32.2. The van der Waals surface area contributed by atoms with E-state index in [4.69, 9.17) is 5.14 Å². The first kappa shape index (κ1) is 26.6. The monoisotopic (exact) mass is 488 g/mol. The van der Waals surface area contributed by atoms with Gasteiger partial charge in [-0.15, -0.1) is 11.3 Å². The van der Waals surface area contributed by atoms with Crippen molar-refractivity contribution >= 4 is 26.9 Å². The van der Waals surface area contributed by atoms with Crippen LogP contribution >= 0.6 is 11.3 Å². The van der Waals surface area contributed by atoms with Gasteiger partial charge in [-0.2, -0.15) is 4.36 Å². The van der Waals surface area contributed by atoms with Gasteiger partial charge < -0.3 is 20.6 Å². The minimum Gasteiger partial charge on any atom is -0.393 e. The molecular formula is C21H33FN4O4S2. The number of anilines is 1. The van der Waals surface area contributed by atoms with E-state index in [1.807, 2.05) is 27.7 Å². The third-order valence-corrected chi connectivity index (χ3v) is 8.37. The first-order valence-corrected chi connectivity index (χ1v) is 12.7. The van der Waals surface area contributed by atoms with Gasteiger partial charge in [0.25, 0.3) is 0 Å². The molecule has 1 heterocycles. The van der Waals surface area contributed by atoms with E-state index in [1.165, 1.54) is 13.1 Å².